The van der Waals surface area contributed by atoms with Crippen molar-refractivity contribution in [2.24, 2.45) is 5.73 Å². The molecule has 1 aliphatic carbocycles. The highest BCUT2D eigenvalue weighted by molar-refractivity contribution is 6.31. The van der Waals surface area contributed by atoms with Crippen LogP contribution in [0, 0.1) is 5.82 Å². The average molecular weight is 352 g/mol. The lowest BCUT2D eigenvalue weighted by atomic mass is 9.80. The van der Waals surface area contributed by atoms with Gasteiger partial charge >= 0.3 is 0 Å². The second-order valence-corrected chi connectivity index (χ2v) is 6.71. The topological polar surface area (TPSA) is 75.4 Å². The van der Waals surface area contributed by atoms with Gasteiger partial charge in [-0.15, -0.1) is 0 Å². The highest BCUT2D eigenvalue weighted by Crippen LogP contribution is 2.42. The van der Waals surface area contributed by atoms with E-state index >= 15 is 0 Å². The number of carbonyl (C=O) groups is 2. The van der Waals surface area contributed by atoms with Crippen LogP contribution in [-0.2, 0) is 9.59 Å². The maximum Gasteiger partial charge on any atom is 0.259 e. The third-order valence-corrected chi connectivity index (χ3v) is 5.17. The number of nitrogens with one attached hydrogen (secondary N) is 1. The van der Waals surface area contributed by atoms with Crippen LogP contribution in [0.1, 0.15) is 25.7 Å². The van der Waals surface area contributed by atoms with Crippen molar-refractivity contribution in [2.75, 3.05) is 18.9 Å². The molecule has 128 valence electrons. The van der Waals surface area contributed by atoms with E-state index in [1.54, 1.807) is 11.9 Å². The van der Waals surface area contributed by atoms with E-state index in [1.165, 1.54) is 18.2 Å². The summed E-state index contributed by atoms with van der Waals surface area (Å²) in [6, 6.07) is 3.88. The van der Waals surface area contributed by atoms with E-state index in [2.05, 4.69) is 5.32 Å². The van der Waals surface area contributed by atoms with Crippen molar-refractivity contribution in [1.29, 1.82) is 0 Å². The SMILES string of the molecule is CN1CC2=C(CCCC2)C1(C(N)=O)C(=O)Nc1ccc(F)c(Cl)c1. The van der Waals surface area contributed by atoms with E-state index < -0.39 is 23.2 Å². The maximum atomic E-state index is 13.3. The maximum absolute atomic E-state index is 13.3. The third-order valence-electron chi connectivity index (χ3n) is 4.88. The normalized spacial score (nSPS) is 24.0. The number of primary amides is 1. The second kappa shape index (κ2) is 6.18. The lowest BCUT2D eigenvalue weighted by Crippen LogP contribution is -2.62. The molecule has 2 aliphatic rings. The molecule has 0 fully saturated rings. The minimum atomic E-state index is -1.49. The number of anilines is 1. The summed E-state index contributed by atoms with van der Waals surface area (Å²) in [5.74, 6) is -1.79. The van der Waals surface area contributed by atoms with Gasteiger partial charge in [-0.1, -0.05) is 17.2 Å². The van der Waals surface area contributed by atoms with Crippen LogP contribution in [0.25, 0.3) is 0 Å². The molecule has 24 heavy (non-hydrogen) atoms. The molecule has 7 heteroatoms. The van der Waals surface area contributed by atoms with E-state index in [-0.39, 0.29) is 5.02 Å². The van der Waals surface area contributed by atoms with E-state index in [0.29, 0.717) is 18.7 Å². The number of rotatable bonds is 3. The number of amides is 2. The summed E-state index contributed by atoms with van der Waals surface area (Å²) in [6.07, 6.45) is 3.54. The first-order valence-electron chi connectivity index (χ1n) is 7.86. The fourth-order valence-corrected chi connectivity index (χ4v) is 3.95. The molecule has 0 saturated carbocycles. The van der Waals surface area contributed by atoms with Crippen molar-refractivity contribution in [2.45, 2.75) is 31.2 Å². The van der Waals surface area contributed by atoms with Gasteiger partial charge in [0.05, 0.1) is 5.02 Å². The smallest absolute Gasteiger partial charge is 0.259 e. The van der Waals surface area contributed by atoms with Gasteiger partial charge in [-0.25, -0.2) is 4.39 Å². The number of nitrogens with zero attached hydrogens (tertiary/aromatic N) is 1. The Hall–Kier alpha value is -1.92. The van der Waals surface area contributed by atoms with Crippen LogP contribution in [0.4, 0.5) is 10.1 Å². The van der Waals surface area contributed by atoms with Crippen LogP contribution in [0.2, 0.25) is 5.02 Å². The van der Waals surface area contributed by atoms with Crippen LogP contribution >= 0.6 is 11.6 Å². The molecule has 3 rings (SSSR count). The first kappa shape index (κ1) is 16.9. The second-order valence-electron chi connectivity index (χ2n) is 6.30. The lowest BCUT2D eigenvalue weighted by Gasteiger charge is -2.35. The summed E-state index contributed by atoms with van der Waals surface area (Å²) in [5, 5.41) is 2.57. The Bertz CT molecular complexity index is 749. The lowest BCUT2D eigenvalue weighted by molar-refractivity contribution is -0.136. The molecule has 1 aromatic rings. The predicted molar refractivity (Wildman–Crippen MR) is 90.1 cm³/mol. The van der Waals surface area contributed by atoms with E-state index in [0.717, 1.165) is 30.4 Å². The minimum absolute atomic E-state index is 0.0988. The Morgan fingerprint density at radius 3 is 2.71 bits per heavy atom. The average Bonchev–Trinajstić information content (AvgIpc) is 2.83. The van der Waals surface area contributed by atoms with Crippen molar-refractivity contribution < 1.29 is 14.0 Å². The number of likely N-dealkylation sites (N-methyl/N-ethyl adjacent to an activating group) is 1. The van der Waals surface area contributed by atoms with Gasteiger partial charge in [0.15, 0.2) is 0 Å². The fraction of sp³-hybridized carbons (Fsp3) is 0.412. The largest absolute Gasteiger partial charge is 0.367 e. The molecule has 1 atom stereocenters. The number of benzene rings is 1. The quantitative estimate of drug-likeness (QED) is 0.649. The van der Waals surface area contributed by atoms with E-state index in [1.807, 2.05) is 0 Å². The molecule has 2 amide bonds. The Balaban J connectivity index is 1.98. The molecule has 0 aromatic heterocycles. The van der Waals surface area contributed by atoms with Crippen molar-refractivity contribution in [3.8, 4) is 0 Å². The summed E-state index contributed by atoms with van der Waals surface area (Å²) in [5.41, 5.74) is 6.45. The number of halogens is 2. The van der Waals surface area contributed by atoms with Gasteiger partial charge in [0.1, 0.15) is 5.82 Å². The zero-order valence-corrected chi connectivity index (χ0v) is 14.1. The van der Waals surface area contributed by atoms with Gasteiger partial charge in [0.25, 0.3) is 11.8 Å². The molecule has 0 radical (unpaired) electrons. The number of carbonyl (C=O) groups excluding carboxylic acids is 2. The third kappa shape index (κ3) is 2.50. The zero-order chi connectivity index (χ0) is 17.5. The van der Waals surface area contributed by atoms with Crippen LogP contribution in [0.15, 0.2) is 29.3 Å². The number of nitrogens with two attached hydrogens (primary N) is 1. The molecule has 0 bridgehead atoms. The number of hydrogen-bond donors (Lipinski definition) is 2. The van der Waals surface area contributed by atoms with E-state index in [4.69, 9.17) is 17.3 Å². The minimum Gasteiger partial charge on any atom is -0.367 e. The molecule has 1 aromatic carbocycles. The Morgan fingerprint density at radius 1 is 1.33 bits per heavy atom. The number of hydrogen-bond acceptors (Lipinski definition) is 3. The molecular weight excluding hydrogens is 333 g/mol. The molecule has 0 spiro atoms. The summed E-state index contributed by atoms with van der Waals surface area (Å²) < 4.78 is 13.3. The Labute approximate surface area is 144 Å². The summed E-state index contributed by atoms with van der Waals surface area (Å²) in [7, 11) is 1.72. The zero-order valence-electron chi connectivity index (χ0n) is 13.4. The van der Waals surface area contributed by atoms with Gasteiger partial charge in [-0.05, 0) is 56.5 Å². The van der Waals surface area contributed by atoms with Crippen molar-refractivity contribution in [3.63, 3.8) is 0 Å². The molecule has 1 heterocycles. The Kier molecular flexibility index (Phi) is 4.36. The molecule has 0 saturated heterocycles. The Morgan fingerprint density at radius 2 is 2.04 bits per heavy atom. The fourth-order valence-electron chi connectivity index (χ4n) is 3.77. The first-order chi connectivity index (χ1) is 11.4. The summed E-state index contributed by atoms with van der Waals surface area (Å²) >= 11 is 5.76. The molecule has 1 aliphatic heterocycles. The molecule has 5 nitrogen and oxygen atoms in total. The molecule has 1 unspecified atom stereocenters. The highest BCUT2D eigenvalue weighted by atomic mass is 35.5. The standard InChI is InChI=1S/C17H19ClFN3O2/c1-22-9-10-4-2-3-5-12(10)17(22,15(20)23)16(24)21-11-6-7-14(19)13(18)8-11/h6-8H,2-5,9H2,1H3,(H2,20,23)(H,21,24). The molecule has 3 N–H and O–H groups in total. The van der Waals surface area contributed by atoms with Crippen LogP contribution in [0.5, 0.6) is 0 Å². The first-order valence-corrected chi connectivity index (χ1v) is 8.24. The van der Waals surface area contributed by atoms with E-state index in [9.17, 15) is 14.0 Å². The van der Waals surface area contributed by atoms with Gasteiger partial charge in [-0.2, -0.15) is 0 Å². The summed E-state index contributed by atoms with van der Waals surface area (Å²) in [6.45, 7) is 0.551. The van der Waals surface area contributed by atoms with Crippen molar-refractivity contribution in [1.82, 2.24) is 4.90 Å². The van der Waals surface area contributed by atoms with Crippen LogP contribution in [0.3, 0.4) is 0 Å². The summed E-state index contributed by atoms with van der Waals surface area (Å²) in [4.78, 5) is 27.1. The van der Waals surface area contributed by atoms with Crippen molar-refractivity contribution in [3.05, 3.63) is 40.2 Å². The van der Waals surface area contributed by atoms with Crippen LogP contribution < -0.4 is 11.1 Å². The van der Waals surface area contributed by atoms with Gasteiger partial charge in [0.2, 0.25) is 5.54 Å². The van der Waals surface area contributed by atoms with Gasteiger partial charge in [0, 0.05) is 12.2 Å². The predicted octanol–water partition coefficient (Wildman–Crippen LogP) is 2.46. The highest BCUT2D eigenvalue weighted by Gasteiger charge is 2.55. The van der Waals surface area contributed by atoms with Crippen LogP contribution in [-0.4, -0.2) is 35.8 Å². The van der Waals surface area contributed by atoms with Gasteiger partial charge in [-0.3, -0.25) is 14.5 Å². The monoisotopic (exact) mass is 351 g/mol. The van der Waals surface area contributed by atoms with Crippen molar-refractivity contribution >= 4 is 29.1 Å². The molecular formula is C17H19ClFN3O2. The van der Waals surface area contributed by atoms with Gasteiger partial charge < -0.3 is 11.1 Å².